The molecule has 0 aliphatic carbocycles. The maximum Gasteiger partial charge on any atom is 0.431 e. The van der Waals surface area contributed by atoms with Crippen molar-refractivity contribution in [1.29, 1.82) is 0 Å². The third-order valence-corrected chi connectivity index (χ3v) is 4.80. The second kappa shape index (κ2) is 7.84. The zero-order chi connectivity index (χ0) is 23.1. The molecule has 1 aromatic heterocycles. The number of benzene rings is 1. The highest BCUT2D eigenvalue weighted by Crippen LogP contribution is 2.33. The number of hydrogen-bond donors (Lipinski definition) is 1. The Morgan fingerprint density at radius 2 is 2.03 bits per heavy atom. The van der Waals surface area contributed by atoms with Crippen LogP contribution in [0.2, 0.25) is 5.02 Å². The molecule has 2 heterocycles. The fourth-order valence-corrected chi connectivity index (χ4v) is 3.27. The number of aromatic amines is 1. The molecule has 0 saturated carbocycles. The molecule has 0 saturated heterocycles. The van der Waals surface area contributed by atoms with Crippen LogP contribution in [0.5, 0.6) is 0 Å². The predicted octanol–water partition coefficient (Wildman–Crippen LogP) is 2.78. The molecule has 1 unspecified atom stereocenters. The number of nitrogens with one attached hydrogen (secondary N) is 1. The lowest BCUT2D eigenvalue weighted by atomic mass is 9.93. The fourth-order valence-electron chi connectivity index (χ4n) is 3.01. The number of nitrogens with zero attached hydrogens (tertiary/aromatic N) is 2. The van der Waals surface area contributed by atoms with Crippen LogP contribution in [-0.2, 0) is 20.5 Å². The van der Waals surface area contributed by atoms with Gasteiger partial charge in [-0.05, 0) is 19.1 Å². The van der Waals surface area contributed by atoms with E-state index in [-0.39, 0.29) is 39.8 Å². The highest BCUT2D eigenvalue weighted by molar-refractivity contribution is 6.34. The van der Waals surface area contributed by atoms with Crippen molar-refractivity contribution in [1.82, 2.24) is 9.55 Å². The van der Waals surface area contributed by atoms with E-state index in [4.69, 9.17) is 16.4 Å². The number of esters is 1. The second-order valence-corrected chi connectivity index (χ2v) is 7.36. The van der Waals surface area contributed by atoms with Gasteiger partial charge in [0.2, 0.25) is 0 Å². The van der Waals surface area contributed by atoms with E-state index in [1.807, 2.05) is 0 Å². The molecule has 0 amide bonds. The molecule has 13 heteroatoms. The van der Waals surface area contributed by atoms with Gasteiger partial charge in [-0.1, -0.05) is 16.8 Å². The smallest absolute Gasteiger partial charge is 0.431 e. The summed E-state index contributed by atoms with van der Waals surface area (Å²) in [5.74, 6) is -1.69. The summed E-state index contributed by atoms with van der Waals surface area (Å²) in [6.07, 6.45) is -5.08. The van der Waals surface area contributed by atoms with E-state index in [2.05, 4.69) is 9.89 Å². The Labute approximate surface area is 176 Å². The summed E-state index contributed by atoms with van der Waals surface area (Å²) < 4.78 is 57.7. The number of oxime groups is 1. The molecule has 166 valence electrons. The number of methoxy groups -OCH3 is 1. The average molecular weight is 464 g/mol. The third-order valence-electron chi connectivity index (χ3n) is 4.49. The van der Waals surface area contributed by atoms with Crippen LogP contribution in [0.4, 0.5) is 17.6 Å². The van der Waals surface area contributed by atoms with Gasteiger partial charge in [0.15, 0.2) is 5.60 Å². The molecule has 1 atom stereocenters. The van der Waals surface area contributed by atoms with E-state index in [1.54, 1.807) is 6.92 Å². The lowest BCUT2D eigenvalue weighted by Crippen LogP contribution is -2.36. The van der Waals surface area contributed by atoms with Crippen molar-refractivity contribution in [3.8, 4) is 5.69 Å². The van der Waals surface area contributed by atoms with Gasteiger partial charge in [-0.3, -0.25) is 9.59 Å². The molecular weight excluding hydrogens is 450 g/mol. The van der Waals surface area contributed by atoms with Crippen molar-refractivity contribution in [2.45, 2.75) is 31.5 Å². The lowest BCUT2D eigenvalue weighted by molar-refractivity contribution is -0.147. The average Bonchev–Trinajstić information content (AvgIpc) is 3.03. The topological polar surface area (TPSA) is 103 Å². The van der Waals surface area contributed by atoms with Gasteiger partial charge in [0.05, 0.1) is 30.0 Å². The molecule has 0 bridgehead atoms. The first kappa shape index (κ1) is 22.5. The van der Waals surface area contributed by atoms with Crippen LogP contribution in [-0.4, -0.2) is 33.9 Å². The van der Waals surface area contributed by atoms with Gasteiger partial charge in [0.1, 0.15) is 11.5 Å². The monoisotopic (exact) mass is 463 g/mol. The van der Waals surface area contributed by atoms with Crippen molar-refractivity contribution in [3.05, 3.63) is 61.1 Å². The quantitative estimate of drug-likeness (QED) is 0.555. The van der Waals surface area contributed by atoms with E-state index in [9.17, 15) is 31.9 Å². The van der Waals surface area contributed by atoms with Crippen LogP contribution in [0, 0.1) is 5.82 Å². The maximum absolute atomic E-state index is 14.5. The number of ether oxygens (including phenoxy) is 1. The van der Waals surface area contributed by atoms with Crippen molar-refractivity contribution < 1.29 is 31.9 Å². The van der Waals surface area contributed by atoms with E-state index in [1.165, 1.54) is 12.1 Å². The first-order chi connectivity index (χ1) is 14.3. The predicted molar refractivity (Wildman–Crippen MR) is 99.9 cm³/mol. The standard InChI is InChI=1S/C18H14ClF4N3O5/c1-17(7-15(28)30-2)6-11(25-31-17)8-3-12(10(20)4-9(8)19)26-14(27)5-13(18(21,22)23)24-16(26)29/h3-5H,6-7H2,1-2H3,(H,24,29). The number of carbonyl (C=O) groups is 1. The molecule has 0 radical (unpaired) electrons. The van der Waals surface area contributed by atoms with Crippen molar-refractivity contribution >= 4 is 23.3 Å². The highest BCUT2D eigenvalue weighted by Gasteiger charge is 2.38. The summed E-state index contributed by atoms with van der Waals surface area (Å²) in [7, 11) is 1.20. The number of hydrogen-bond acceptors (Lipinski definition) is 6. The second-order valence-electron chi connectivity index (χ2n) is 6.95. The summed E-state index contributed by atoms with van der Waals surface area (Å²) >= 11 is 6.07. The normalized spacial score (nSPS) is 18.5. The van der Waals surface area contributed by atoms with Gasteiger partial charge >= 0.3 is 17.8 Å². The van der Waals surface area contributed by atoms with E-state index in [0.29, 0.717) is 0 Å². The van der Waals surface area contributed by atoms with E-state index < -0.39 is 46.2 Å². The molecular formula is C18H14ClF4N3O5. The van der Waals surface area contributed by atoms with Crippen LogP contribution in [0.1, 0.15) is 31.0 Å². The Morgan fingerprint density at radius 1 is 1.35 bits per heavy atom. The summed E-state index contributed by atoms with van der Waals surface area (Å²) in [4.78, 5) is 42.7. The Morgan fingerprint density at radius 3 is 2.61 bits per heavy atom. The van der Waals surface area contributed by atoms with Gasteiger partial charge in [0.25, 0.3) is 5.56 Å². The Hall–Kier alpha value is -3.15. The van der Waals surface area contributed by atoms with Crippen LogP contribution in [0.15, 0.2) is 32.9 Å². The highest BCUT2D eigenvalue weighted by atomic mass is 35.5. The number of alkyl halides is 3. The van der Waals surface area contributed by atoms with Crippen molar-refractivity contribution in [2.75, 3.05) is 7.11 Å². The Kier molecular flexibility index (Phi) is 5.70. The summed E-state index contributed by atoms with van der Waals surface area (Å²) in [6.45, 7) is 1.57. The van der Waals surface area contributed by atoms with Gasteiger partial charge in [-0.25, -0.2) is 13.8 Å². The molecule has 31 heavy (non-hydrogen) atoms. The Balaban J connectivity index is 2.06. The van der Waals surface area contributed by atoms with Gasteiger partial charge < -0.3 is 14.6 Å². The molecule has 0 spiro atoms. The number of aromatic nitrogens is 2. The molecule has 0 fully saturated rings. The lowest BCUT2D eigenvalue weighted by Gasteiger charge is -2.19. The summed E-state index contributed by atoms with van der Waals surface area (Å²) in [6, 6.07) is 1.92. The SMILES string of the molecule is COC(=O)CC1(C)CC(c2cc(-n3c(=O)cc(C(F)(F)F)[nH]c3=O)c(F)cc2Cl)=NO1. The van der Waals surface area contributed by atoms with Crippen molar-refractivity contribution in [2.24, 2.45) is 5.16 Å². The Bertz CT molecular complexity index is 1170. The first-order valence-corrected chi connectivity index (χ1v) is 8.98. The minimum atomic E-state index is -4.97. The van der Waals surface area contributed by atoms with E-state index in [0.717, 1.165) is 12.1 Å². The minimum Gasteiger partial charge on any atom is -0.469 e. The number of rotatable bonds is 4. The molecule has 1 N–H and O–H groups in total. The first-order valence-electron chi connectivity index (χ1n) is 8.60. The van der Waals surface area contributed by atoms with Gasteiger partial charge in [-0.15, -0.1) is 0 Å². The molecule has 3 rings (SSSR count). The number of halogens is 5. The van der Waals surface area contributed by atoms with Crippen LogP contribution in [0.25, 0.3) is 5.69 Å². The van der Waals surface area contributed by atoms with Crippen LogP contribution in [0.3, 0.4) is 0 Å². The fraction of sp³-hybridized carbons (Fsp3) is 0.333. The molecule has 8 nitrogen and oxygen atoms in total. The molecule has 2 aromatic rings. The molecule has 1 aliphatic rings. The summed E-state index contributed by atoms with van der Waals surface area (Å²) in [5.41, 5.74) is -5.94. The third kappa shape index (κ3) is 4.48. The zero-order valence-electron chi connectivity index (χ0n) is 16.0. The van der Waals surface area contributed by atoms with Crippen molar-refractivity contribution in [3.63, 3.8) is 0 Å². The molecule has 1 aliphatic heterocycles. The largest absolute Gasteiger partial charge is 0.469 e. The molecule has 1 aromatic carbocycles. The number of H-pyrrole nitrogens is 1. The van der Waals surface area contributed by atoms with Gasteiger partial charge in [-0.2, -0.15) is 13.2 Å². The summed E-state index contributed by atoms with van der Waals surface area (Å²) in [5, 5.41) is 3.69. The van der Waals surface area contributed by atoms with Crippen LogP contribution < -0.4 is 11.2 Å². The van der Waals surface area contributed by atoms with Gasteiger partial charge in [0, 0.05) is 18.1 Å². The maximum atomic E-state index is 14.5. The van der Waals surface area contributed by atoms with Crippen LogP contribution >= 0.6 is 11.6 Å². The van der Waals surface area contributed by atoms with E-state index >= 15 is 0 Å². The minimum absolute atomic E-state index is 0.0468. The number of carbonyl (C=O) groups excluding carboxylic acids is 1. The zero-order valence-corrected chi connectivity index (χ0v) is 16.7.